The third-order valence-corrected chi connectivity index (χ3v) is 3.10. The van der Waals surface area contributed by atoms with E-state index in [1.807, 2.05) is 0 Å². The molecule has 0 unspecified atom stereocenters. The Balaban J connectivity index is 2.26. The quantitative estimate of drug-likeness (QED) is 0.738. The van der Waals surface area contributed by atoms with Crippen LogP contribution in [-0.2, 0) is 10.0 Å². The summed E-state index contributed by atoms with van der Waals surface area (Å²) in [5.74, 6) is 0.418. The van der Waals surface area contributed by atoms with Crippen molar-refractivity contribution in [2.24, 2.45) is 5.14 Å². The van der Waals surface area contributed by atoms with Crippen LogP contribution < -0.4 is 10.5 Å². The highest BCUT2D eigenvalue weighted by Crippen LogP contribution is 2.17. The molecule has 0 aliphatic rings. The molecule has 0 saturated heterocycles. The Morgan fingerprint density at radius 2 is 2.21 bits per heavy atom. The number of sulfonamides is 1. The van der Waals surface area contributed by atoms with Gasteiger partial charge in [-0.2, -0.15) is 8.75 Å². The van der Waals surface area contributed by atoms with Gasteiger partial charge in [0.2, 0.25) is 10.0 Å². The molecule has 1 aromatic heterocycles. The number of primary sulfonamides is 1. The number of aromatic nitrogens is 2. The molecule has 0 aromatic carbocycles. The average Bonchev–Trinajstić information content (AvgIpc) is 2.44. The maximum atomic E-state index is 10.6. The first kappa shape index (κ1) is 11.6. The fraction of sp³-hybridized carbons (Fsp3) is 0.600. The van der Waals surface area contributed by atoms with E-state index in [1.165, 1.54) is 0 Å². The highest BCUT2D eigenvalue weighted by molar-refractivity contribution is 7.89. The monoisotopic (exact) mass is 256 g/mol. The molecule has 0 aliphatic heterocycles. The SMILES string of the molecule is NS(=O)(=O)CCCNc1nsnc1Cl. The second-order valence-corrected chi connectivity index (χ2v) is 5.17. The first-order valence-corrected chi connectivity index (χ1v) is 6.54. The maximum absolute atomic E-state index is 10.6. The lowest BCUT2D eigenvalue weighted by atomic mass is 10.5. The molecule has 1 rings (SSSR count). The molecular formula is C5H9ClN4O2S2. The predicted molar refractivity (Wildman–Crippen MR) is 56.0 cm³/mol. The van der Waals surface area contributed by atoms with Crippen molar-refractivity contribution in [3.63, 3.8) is 0 Å². The predicted octanol–water partition coefficient (Wildman–Crippen LogP) is 0.282. The minimum absolute atomic E-state index is 0.0603. The standard InChI is InChI=1S/C5H9ClN4O2S2/c6-4-5(10-13-9-4)8-2-1-3-14(7,11)12/h1-3H2,(H,8,10)(H2,7,11,12). The molecule has 0 fully saturated rings. The van der Waals surface area contributed by atoms with Crippen LogP contribution in [0.4, 0.5) is 5.82 Å². The summed E-state index contributed by atoms with van der Waals surface area (Å²) in [5, 5.41) is 7.96. The molecule has 1 aromatic rings. The van der Waals surface area contributed by atoms with Crippen molar-refractivity contribution in [1.29, 1.82) is 0 Å². The lowest BCUT2D eigenvalue weighted by molar-refractivity contribution is 0.596. The van der Waals surface area contributed by atoms with Crippen LogP contribution in [0.1, 0.15) is 6.42 Å². The fourth-order valence-electron chi connectivity index (χ4n) is 0.763. The van der Waals surface area contributed by atoms with Crippen molar-refractivity contribution >= 4 is 39.2 Å². The van der Waals surface area contributed by atoms with E-state index in [9.17, 15) is 8.42 Å². The van der Waals surface area contributed by atoms with Gasteiger partial charge in [-0.3, -0.25) is 0 Å². The summed E-state index contributed by atoms with van der Waals surface area (Å²) in [6.45, 7) is 0.446. The largest absolute Gasteiger partial charge is 0.367 e. The van der Waals surface area contributed by atoms with Gasteiger partial charge in [0.1, 0.15) is 0 Å². The molecule has 0 aliphatic carbocycles. The number of nitrogens with zero attached hydrogens (tertiary/aromatic N) is 2. The van der Waals surface area contributed by atoms with E-state index in [-0.39, 0.29) is 5.75 Å². The molecule has 0 spiro atoms. The van der Waals surface area contributed by atoms with Crippen LogP contribution in [0.15, 0.2) is 0 Å². The zero-order valence-electron chi connectivity index (χ0n) is 7.10. The third kappa shape index (κ3) is 4.18. The van der Waals surface area contributed by atoms with Gasteiger partial charge in [-0.05, 0) is 6.42 Å². The summed E-state index contributed by atoms with van der Waals surface area (Å²) in [4.78, 5) is 0. The Labute approximate surface area is 90.8 Å². The van der Waals surface area contributed by atoms with E-state index in [2.05, 4.69) is 14.1 Å². The zero-order chi connectivity index (χ0) is 10.6. The third-order valence-electron chi connectivity index (χ3n) is 1.35. The number of nitrogens with two attached hydrogens (primary N) is 1. The van der Waals surface area contributed by atoms with Crippen LogP contribution >= 0.6 is 23.3 Å². The van der Waals surface area contributed by atoms with Crippen molar-refractivity contribution in [3.8, 4) is 0 Å². The van der Waals surface area contributed by atoms with E-state index < -0.39 is 10.0 Å². The van der Waals surface area contributed by atoms with Gasteiger partial charge in [0.15, 0.2) is 11.0 Å². The van der Waals surface area contributed by atoms with Gasteiger partial charge in [0, 0.05) is 6.54 Å². The Hall–Kier alpha value is -0.440. The molecule has 0 saturated carbocycles. The molecule has 80 valence electrons. The summed E-state index contributed by atoms with van der Waals surface area (Å²) in [6, 6.07) is 0. The van der Waals surface area contributed by atoms with Gasteiger partial charge in [0.05, 0.1) is 17.5 Å². The number of anilines is 1. The zero-order valence-corrected chi connectivity index (χ0v) is 9.49. The van der Waals surface area contributed by atoms with Crippen LogP contribution in [0.2, 0.25) is 5.15 Å². The second kappa shape index (κ2) is 4.87. The summed E-state index contributed by atoms with van der Waals surface area (Å²) >= 11 is 6.63. The average molecular weight is 257 g/mol. The molecular weight excluding hydrogens is 248 g/mol. The van der Waals surface area contributed by atoms with Crippen LogP contribution in [-0.4, -0.2) is 29.5 Å². The Bertz CT molecular complexity index is 390. The van der Waals surface area contributed by atoms with Crippen molar-refractivity contribution in [2.45, 2.75) is 6.42 Å². The number of hydrogen-bond donors (Lipinski definition) is 2. The van der Waals surface area contributed by atoms with Crippen LogP contribution in [0.3, 0.4) is 0 Å². The number of nitrogens with one attached hydrogen (secondary N) is 1. The summed E-state index contributed by atoms with van der Waals surface area (Å²) in [7, 11) is -3.38. The minimum atomic E-state index is -3.38. The number of halogens is 1. The van der Waals surface area contributed by atoms with Gasteiger partial charge in [-0.15, -0.1) is 0 Å². The molecule has 0 atom stereocenters. The van der Waals surface area contributed by atoms with Gasteiger partial charge in [-0.25, -0.2) is 13.6 Å². The lowest BCUT2D eigenvalue weighted by Crippen LogP contribution is -2.18. The minimum Gasteiger partial charge on any atom is -0.367 e. The molecule has 0 amide bonds. The summed E-state index contributed by atoms with van der Waals surface area (Å²) < 4.78 is 28.7. The van der Waals surface area contributed by atoms with Gasteiger partial charge in [0.25, 0.3) is 0 Å². The Morgan fingerprint density at radius 1 is 1.50 bits per heavy atom. The molecule has 3 N–H and O–H groups in total. The normalized spacial score (nSPS) is 11.6. The molecule has 0 bridgehead atoms. The van der Waals surface area contributed by atoms with E-state index in [4.69, 9.17) is 16.7 Å². The molecule has 9 heteroatoms. The van der Waals surface area contributed by atoms with Crippen molar-refractivity contribution in [1.82, 2.24) is 8.75 Å². The first-order valence-electron chi connectivity index (χ1n) is 3.71. The lowest BCUT2D eigenvalue weighted by Gasteiger charge is -2.01. The van der Waals surface area contributed by atoms with Gasteiger partial charge >= 0.3 is 0 Å². The topological polar surface area (TPSA) is 98.0 Å². The van der Waals surface area contributed by atoms with Crippen molar-refractivity contribution in [2.75, 3.05) is 17.6 Å². The highest BCUT2D eigenvalue weighted by Gasteiger charge is 2.05. The second-order valence-electron chi connectivity index (χ2n) is 2.55. The smallest absolute Gasteiger partial charge is 0.209 e. The van der Waals surface area contributed by atoms with Gasteiger partial charge in [-0.1, -0.05) is 11.6 Å². The summed E-state index contributed by atoms with van der Waals surface area (Å²) in [5.41, 5.74) is 0. The van der Waals surface area contributed by atoms with E-state index in [1.54, 1.807) is 0 Å². The van der Waals surface area contributed by atoms with Crippen LogP contribution in [0.25, 0.3) is 0 Å². The Morgan fingerprint density at radius 3 is 2.71 bits per heavy atom. The highest BCUT2D eigenvalue weighted by atomic mass is 35.5. The van der Waals surface area contributed by atoms with E-state index in [0.29, 0.717) is 23.9 Å². The molecule has 6 nitrogen and oxygen atoms in total. The fourth-order valence-corrected chi connectivity index (χ4v) is 1.99. The molecule has 14 heavy (non-hydrogen) atoms. The van der Waals surface area contributed by atoms with Crippen molar-refractivity contribution in [3.05, 3.63) is 5.15 Å². The number of rotatable bonds is 5. The maximum Gasteiger partial charge on any atom is 0.209 e. The van der Waals surface area contributed by atoms with Gasteiger partial charge < -0.3 is 5.32 Å². The molecule has 1 heterocycles. The van der Waals surface area contributed by atoms with E-state index >= 15 is 0 Å². The number of hydrogen-bond acceptors (Lipinski definition) is 6. The van der Waals surface area contributed by atoms with E-state index in [0.717, 1.165) is 11.7 Å². The molecule has 0 radical (unpaired) electrons. The Kier molecular flexibility index (Phi) is 4.05. The summed E-state index contributed by atoms with van der Waals surface area (Å²) in [6.07, 6.45) is 0.409. The van der Waals surface area contributed by atoms with Crippen LogP contribution in [0.5, 0.6) is 0 Å². The van der Waals surface area contributed by atoms with Crippen LogP contribution in [0, 0.1) is 0 Å². The first-order chi connectivity index (χ1) is 6.49. The van der Waals surface area contributed by atoms with Crippen molar-refractivity contribution < 1.29 is 8.42 Å².